The minimum absolute atomic E-state index is 0.0172. The van der Waals surface area contributed by atoms with Gasteiger partial charge in [0.05, 0.1) is 12.3 Å². The second-order valence-electron chi connectivity index (χ2n) is 8.30. The van der Waals surface area contributed by atoms with E-state index in [1.807, 2.05) is 41.0 Å². The summed E-state index contributed by atoms with van der Waals surface area (Å²) in [5.74, 6) is 1.44. The van der Waals surface area contributed by atoms with Crippen LogP contribution in [-0.2, 0) is 16.0 Å². The van der Waals surface area contributed by atoms with Gasteiger partial charge < -0.3 is 15.5 Å². The Hall–Kier alpha value is -1.88. The summed E-state index contributed by atoms with van der Waals surface area (Å²) < 4.78 is 0. The average Bonchev–Trinajstić information content (AvgIpc) is 3.24. The Bertz CT molecular complexity index is 677. The predicted molar refractivity (Wildman–Crippen MR) is 100 cm³/mol. The maximum absolute atomic E-state index is 12.9. The largest absolute Gasteiger partial charge is 0.339 e. The number of aryl methyl sites for hydroxylation is 1. The number of rotatable bonds is 3. The third-order valence-corrected chi connectivity index (χ3v) is 6.69. The normalized spacial score (nSPS) is 30.7. The summed E-state index contributed by atoms with van der Waals surface area (Å²) in [6.07, 6.45) is 3.92. The highest BCUT2D eigenvalue weighted by Gasteiger charge is 2.50. The highest BCUT2D eigenvalue weighted by Crippen LogP contribution is 2.48. The molecule has 1 saturated heterocycles. The Morgan fingerprint density at radius 2 is 1.62 bits per heavy atom. The van der Waals surface area contributed by atoms with Gasteiger partial charge in [-0.25, -0.2) is 0 Å². The van der Waals surface area contributed by atoms with E-state index in [4.69, 9.17) is 5.73 Å². The van der Waals surface area contributed by atoms with Gasteiger partial charge in [0, 0.05) is 32.2 Å². The SMILES string of the molecule is Cc1ccc(CC(=O)N2CCN(C(=O)C3C4CCC(C4)C3N)CC2)cc1. The zero-order valence-electron chi connectivity index (χ0n) is 15.6. The molecule has 1 aliphatic heterocycles. The van der Waals surface area contributed by atoms with Crippen molar-refractivity contribution in [2.75, 3.05) is 26.2 Å². The van der Waals surface area contributed by atoms with Crippen molar-refractivity contribution >= 4 is 11.8 Å². The molecular weight excluding hydrogens is 326 g/mol. The van der Waals surface area contributed by atoms with E-state index in [0.717, 1.165) is 18.4 Å². The molecule has 2 amide bonds. The molecule has 140 valence electrons. The molecule has 1 heterocycles. The summed E-state index contributed by atoms with van der Waals surface area (Å²) in [6.45, 7) is 4.58. The van der Waals surface area contributed by atoms with Crippen LogP contribution in [0.5, 0.6) is 0 Å². The van der Waals surface area contributed by atoms with Crippen LogP contribution in [0.2, 0.25) is 0 Å². The van der Waals surface area contributed by atoms with Gasteiger partial charge in [-0.1, -0.05) is 29.8 Å². The van der Waals surface area contributed by atoms with Crippen molar-refractivity contribution in [2.24, 2.45) is 23.5 Å². The molecule has 3 fully saturated rings. The number of hydrogen-bond donors (Lipinski definition) is 1. The predicted octanol–water partition coefficient (Wildman–Crippen LogP) is 1.58. The van der Waals surface area contributed by atoms with Gasteiger partial charge in [-0.2, -0.15) is 0 Å². The minimum Gasteiger partial charge on any atom is -0.339 e. The van der Waals surface area contributed by atoms with Crippen molar-refractivity contribution in [3.63, 3.8) is 0 Å². The molecule has 0 spiro atoms. The lowest BCUT2D eigenvalue weighted by Crippen LogP contribution is -2.55. The van der Waals surface area contributed by atoms with E-state index < -0.39 is 0 Å². The Morgan fingerprint density at radius 3 is 2.23 bits per heavy atom. The second kappa shape index (κ2) is 7.03. The van der Waals surface area contributed by atoms with E-state index in [1.165, 1.54) is 12.0 Å². The molecule has 4 unspecified atom stereocenters. The fourth-order valence-electron chi connectivity index (χ4n) is 5.08. The van der Waals surface area contributed by atoms with Crippen LogP contribution in [0.25, 0.3) is 0 Å². The first kappa shape index (κ1) is 17.5. The number of amides is 2. The fraction of sp³-hybridized carbons (Fsp3) is 0.619. The standard InChI is InChI=1S/C21H29N3O2/c1-14-2-4-15(5-3-14)12-18(25)23-8-10-24(11-9-23)21(26)19-16-6-7-17(13-16)20(19)22/h2-5,16-17,19-20H,6-13,22H2,1H3. The molecular formula is C21H29N3O2. The average molecular weight is 355 g/mol. The number of nitrogens with zero attached hydrogens (tertiary/aromatic N) is 2. The number of nitrogens with two attached hydrogens (primary N) is 1. The van der Waals surface area contributed by atoms with Crippen molar-refractivity contribution in [1.29, 1.82) is 0 Å². The fourth-order valence-corrected chi connectivity index (χ4v) is 5.08. The number of fused-ring (bicyclic) bond motifs is 2. The van der Waals surface area contributed by atoms with E-state index in [1.54, 1.807) is 0 Å². The second-order valence-corrected chi connectivity index (χ2v) is 8.30. The van der Waals surface area contributed by atoms with Crippen molar-refractivity contribution in [3.05, 3.63) is 35.4 Å². The van der Waals surface area contributed by atoms with Crippen LogP contribution in [0.1, 0.15) is 30.4 Å². The topological polar surface area (TPSA) is 66.6 Å². The van der Waals surface area contributed by atoms with Gasteiger partial charge in [-0.3, -0.25) is 9.59 Å². The van der Waals surface area contributed by atoms with Crippen molar-refractivity contribution in [2.45, 2.75) is 38.6 Å². The van der Waals surface area contributed by atoms with Gasteiger partial charge in [-0.05, 0) is 43.6 Å². The van der Waals surface area contributed by atoms with E-state index in [0.29, 0.717) is 44.4 Å². The molecule has 5 nitrogen and oxygen atoms in total. The first-order valence-electron chi connectivity index (χ1n) is 9.90. The lowest BCUT2D eigenvalue weighted by Gasteiger charge is -2.38. The van der Waals surface area contributed by atoms with Gasteiger partial charge >= 0.3 is 0 Å². The number of hydrogen-bond acceptors (Lipinski definition) is 3. The van der Waals surface area contributed by atoms with Gasteiger partial charge in [-0.15, -0.1) is 0 Å². The first-order chi connectivity index (χ1) is 12.5. The van der Waals surface area contributed by atoms with Crippen LogP contribution in [-0.4, -0.2) is 53.8 Å². The molecule has 1 aromatic carbocycles. The summed E-state index contributed by atoms with van der Waals surface area (Å²) in [5.41, 5.74) is 8.58. The summed E-state index contributed by atoms with van der Waals surface area (Å²) in [7, 11) is 0. The van der Waals surface area contributed by atoms with Gasteiger partial charge in [0.15, 0.2) is 0 Å². The molecule has 5 heteroatoms. The molecule has 4 rings (SSSR count). The van der Waals surface area contributed by atoms with Gasteiger partial charge in [0.2, 0.25) is 11.8 Å². The molecule has 3 aliphatic rings. The van der Waals surface area contributed by atoms with E-state index in [2.05, 4.69) is 0 Å². The maximum atomic E-state index is 12.9. The summed E-state index contributed by atoms with van der Waals surface area (Å²) in [4.78, 5) is 29.3. The minimum atomic E-state index is 0.0172. The highest BCUT2D eigenvalue weighted by molar-refractivity contribution is 5.82. The van der Waals surface area contributed by atoms with E-state index in [9.17, 15) is 9.59 Å². The van der Waals surface area contributed by atoms with Crippen LogP contribution in [0.4, 0.5) is 0 Å². The Labute approximate surface area is 155 Å². The summed E-state index contributed by atoms with van der Waals surface area (Å²) >= 11 is 0. The Kier molecular flexibility index (Phi) is 4.74. The number of benzene rings is 1. The van der Waals surface area contributed by atoms with Crippen molar-refractivity contribution in [3.8, 4) is 0 Å². The third kappa shape index (κ3) is 3.25. The third-order valence-electron chi connectivity index (χ3n) is 6.69. The van der Waals surface area contributed by atoms with Crippen molar-refractivity contribution < 1.29 is 9.59 Å². The van der Waals surface area contributed by atoms with E-state index in [-0.39, 0.29) is 23.8 Å². The van der Waals surface area contributed by atoms with Crippen LogP contribution in [0.15, 0.2) is 24.3 Å². The molecule has 4 atom stereocenters. The van der Waals surface area contributed by atoms with Crippen molar-refractivity contribution in [1.82, 2.24) is 9.80 Å². The molecule has 1 aromatic rings. The lowest BCUT2D eigenvalue weighted by atomic mass is 9.84. The maximum Gasteiger partial charge on any atom is 0.227 e. The number of carbonyl (C=O) groups is 2. The lowest BCUT2D eigenvalue weighted by molar-refractivity contribution is -0.143. The molecule has 2 saturated carbocycles. The van der Waals surface area contributed by atoms with Gasteiger partial charge in [0.1, 0.15) is 0 Å². The van der Waals surface area contributed by atoms with E-state index >= 15 is 0 Å². The first-order valence-corrected chi connectivity index (χ1v) is 9.90. The van der Waals surface area contributed by atoms with Crippen LogP contribution in [0.3, 0.4) is 0 Å². The molecule has 26 heavy (non-hydrogen) atoms. The van der Waals surface area contributed by atoms with Crippen LogP contribution < -0.4 is 5.73 Å². The zero-order chi connectivity index (χ0) is 18.3. The number of piperazine rings is 1. The Balaban J connectivity index is 1.30. The zero-order valence-corrected chi connectivity index (χ0v) is 15.6. The molecule has 2 aliphatic carbocycles. The molecule has 0 aromatic heterocycles. The Morgan fingerprint density at radius 1 is 1.00 bits per heavy atom. The van der Waals surface area contributed by atoms with Crippen LogP contribution in [0, 0.1) is 24.7 Å². The summed E-state index contributed by atoms with van der Waals surface area (Å²) in [6, 6.07) is 8.16. The number of carbonyl (C=O) groups excluding carboxylic acids is 2. The monoisotopic (exact) mass is 355 g/mol. The quantitative estimate of drug-likeness (QED) is 0.895. The molecule has 2 bridgehead atoms. The smallest absolute Gasteiger partial charge is 0.227 e. The highest BCUT2D eigenvalue weighted by atomic mass is 16.2. The van der Waals surface area contributed by atoms with Gasteiger partial charge in [0.25, 0.3) is 0 Å². The summed E-state index contributed by atoms with van der Waals surface area (Å²) in [5, 5.41) is 0. The van der Waals surface area contributed by atoms with Crippen LogP contribution >= 0.6 is 0 Å². The molecule has 0 radical (unpaired) electrons. The molecule has 2 N–H and O–H groups in total.